The number of hydrogen-bond donors (Lipinski definition) is 3. The van der Waals surface area contributed by atoms with Crippen LogP contribution in [-0.4, -0.2) is 49.5 Å². The van der Waals surface area contributed by atoms with Crippen LogP contribution in [0.3, 0.4) is 0 Å². The third kappa shape index (κ3) is 4.92. The second-order valence-electron chi connectivity index (χ2n) is 9.00. The van der Waals surface area contributed by atoms with E-state index < -0.39 is 11.8 Å². The monoisotopic (exact) mass is 516 g/mol. The van der Waals surface area contributed by atoms with Gasteiger partial charge in [0.25, 0.3) is 11.8 Å². The van der Waals surface area contributed by atoms with Gasteiger partial charge in [-0.15, -0.1) is 10.2 Å². The summed E-state index contributed by atoms with van der Waals surface area (Å²) in [7, 11) is 1.36. The Balaban J connectivity index is 1.32. The Hall–Kier alpha value is -4.74. The minimum absolute atomic E-state index is 0.00761. The van der Waals surface area contributed by atoms with Crippen molar-refractivity contribution in [1.29, 1.82) is 0 Å². The van der Waals surface area contributed by atoms with Crippen molar-refractivity contribution in [2.75, 3.05) is 7.11 Å². The van der Waals surface area contributed by atoms with Gasteiger partial charge in [0.05, 0.1) is 13.2 Å². The van der Waals surface area contributed by atoms with E-state index in [1.54, 1.807) is 19.1 Å². The van der Waals surface area contributed by atoms with Crippen molar-refractivity contribution in [3.63, 3.8) is 0 Å². The number of aromatic nitrogens is 6. The summed E-state index contributed by atoms with van der Waals surface area (Å²) in [6.07, 6.45) is 1.49. The lowest BCUT2D eigenvalue weighted by atomic mass is 9.97. The van der Waals surface area contributed by atoms with Gasteiger partial charge in [-0.1, -0.05) is 24.3 Å². The predicted molar refractivity (Wildman–Crippen MR) is 134 cm³/mol. The Kier molecular flexibility index (Phi) is 6.77. The Bertz CT molecular complexity index is 1520. The zero-order valence-electron chi connectivity index (χ0n) is 21.0. The largest absolute Gasteiger partial charge is 0.467 e. The van der Waals surface area contributed by atoms with E-state index in [2.05, 4.69) is 41.2 Å². The van der Waals surface area contributed by atoms with E-state index in [0.29, 0.717) is 17.8 Å². The molecule has 1 aliphatic carbocycles. The highest BCUT2D eigenvalue weighted by molar-refractivity contribution is 5.97. The van der Waals surface area contributed by atoms with Crippen molar-refractivity contribution in [1.82, 2.24) is 41.2 Å². The minimum Gasteiger partial charge on any atom is -0.467 e. The number of fused-ring (bicyclic) bond motifs is 1. The van der Waals surface area contributed by atoms with Crippen molar-refractivity contribution < 1.29 is 18.7 Å². The molecule has 0 bridgehead atoms. The van der Waals surface area contributed by atoms with Crippen LogP contribution in [0.25, 0.3) is 11.4 Å². The number of hydrogen-bond acceptors (Lipinski definition) is 8. The number of benzene rings is 2. The number of H-pyrrole nitrogens is 1. The van der Waals surface area contributed by atoms with Crippen molar-refractivity contribution in [2.24, 2.45) is 0 Å². The predicted octanol–water partition coefficient (Wildman–Crippen LogP) is 2.77. The summed E-state index contributed by atoms with van der Waals surface area (Å²) < 4.78 is 18.7. The number of nitrogens with zero attached hydrogens (tertiary/aromatic N) is 5. The summed E-state index contributed by atoms with van der Waals surface area (Å²) in [6.45, 7) is 3.82. The lowest BCUT2D eigenvalue weighted by Gasteiger charge is -2.16. The lowest BCUT2D eigenvalue weighted by Crippen LogP contribution is -2.29. The molecule has 2 aromatic heterocycles. The van der Waals surface area contributed by atoms with Crippen molar-refractivity contribution >= 4 is 11.8 Å². The van der Waals surface area contributed by atoms with Gasteiger partial charge in [0, 0.05) is 18.2 Å². The van der Waals surface area contributed by atoms with Crippen LogP contribution in [0.2, 0.25) is 0 Å². The van der Waals surface area contributed by atoms with E-state index >= 15 is 0 Å². The summed E-state index contributed by atoms with van der Waals surface area (Å²) in [4.78, 5) is 34.2. The van der Waals surface area contributed by atoms with E-state index in [1.165, 1.54) is 19.2 Å². The number of carbonyl (C=O) groups is 2. The fraction of sp³-hybridized carbons (Fsp3) is 0.269. The lowest BCUT2D eigenvalue weighted by molar-refractivity contribution is 0.0930. The first-order valence-electron chi connectivity index (χ1n) is 12.0. The third-order valence-corrected chi connectivity index (χ3v) is 6.61. The fourth-order valence-corrected chi connectivity index (χ4v) is 4.62. The van der Waals surface area contributed by atoms with Crippen LogP contribution in [-0.2, 0) is 13.0 Å². The molecule has 5 rings (SSSR count). The van der Waals surface area contributed by atoms with Crippen LogP contribution in [0, 0.1) is 19.7 Å². The maximum absolute atomic E-state index is 13.5. The molecule has 0 aliphatic heterocycles. The number of nitrogens with one attached hydrogen (secondary N) is 3. The zero-order valence-corrected chi connectivity index (χ0v) is 21.0. The highest BCUT2D eigenvalue weighted by Crippen LogP contribution is 2.37. The van der Waals surface area contributed by atoms with Gasteiger partial charge in [-0.05, 0) is 65.8 Å². The second-order valence-corrected chi connectivity index (χ2v) is 9.00. The molecule has 0 fully saturated rings. The molecule has 2 heterocycles. The van der Waals surface area contributed by atoms with Gasteiger partial charge in [-0.2, -0.15) is 15.2 Å². The van der Waals surface area contributed by atoms with Crippen molar-refractivity contribution in [3.05, 3.63) is 81.4 Å². The molecule has 38 heavy (non-hydrogen) atoms. The van der Waals surface area contributed by atoms with Crippen LogP contribution < -0.4 is 15.4 Å². The number of amides is 2. The second kappa shape index (κ2) is 10.3. The van der Waals surface area contributed by atoms with Crippen LogP contribution in [0.5, 0.6) is 6.01 Å². The van der Waals surface area contributed by atoms with E-state index in [4.69, 9.17) is 4.74 Å². The molecule has 2 amide bonds. The summed E-state index contributed by atoms with van der Waals surface area (Å²) in [5.74, 6) is -0.765. The summed E-state index contributed by atoms with van der Waals surface area (Å²) >= 11 is 0. The van der Waals surface area contributed by atoms with Gasteiger partial charge < -0.3 is 15.4 Å². The molecule has 2 aromatic carbocycles. The highest BCUT2D eigenvalue weighted by Gasteiger charge is 2.28. The van der Waals surface area contributed by atoms with Crippen LogP contribution in [0.1, 0.15) is 61.3 Å². The average molecular weight is 517 g/mol. The molecule has 12 heteroatoms. The molecule has 1 aliphatic rings. The Labute approximate surface area is 217 Å². The number of ether oxygens (including phenoxy) is 1. The number of carbonyl (C=O) groups excluding carboxylic acids is 2. The topological polar surface area (TPSA) is 148 Å². The van der Waals surface area contributed by atoms with Gasteiger partial charge in [-0.3, -0.25) is 9.59 Å². The van der Waals surface area contributed by atoms with Gasteiger partial charge in [-0.25, -0.2) is 4.39 Å². The fourth-order valence-electron chi connectivity index (χ4n) is 4.62. The normalized spacial score (nSPS) is 14.2. The molecule has 0 saturated heterocycles. The molecule has 194 valence electrons. The number of halogens is 1. The Morgan fingerprint density at radius 2 is 1.89 bits per heavy atom. The molecular formula is C26H25FN8O3. The van der Waals surface area contributed by atoms with Crippen molar-refractivity contribution in [3.8, 4) is 17.4 Å². The first-order chi connectivity index (χ1) is 18.3. The number of aryl methyl sites for hydroxylation is 1. The van der Waals surface area contributed by atoms with E-state index in [0.717, 1.165) is 34.2 Å². The van der Waals surface area contributed by atoms with Crippen LogP contribution in [0.15, 0.2) is 36.4 Å². The Morgan fingerprint density at radius 3 is 2.61 bits per heavy atom. The number of aromatic amines is 1. The van der Waals surface area contributed by atoms with Gasteiger partial charge in [0.15, 0.2) is 0 Å². The standard InChI is InChI=1S/C26H25FN8O3/c1-13-10-15(4-8-19(13)27)12-28-24(36)21-11-22(31-26(30-21)38-3)25(37)29-20-9-7-16-14(2)17(5-6-18(16)20)23-32-34-35-33-23/h4-6,8,10-11,20H,7,9,12H2,1-3H3,(H,28,36)(H,29,37)(H,32,33,34,35)/t20-/m0/s1. The van der Waals surface area contributed by atoms with E-state index in [1.807, 2.05) is 19.1 Å². The van der Waals surface area contributed by atoms with Gasteiger partial charge in [0.2, 0.25) is 5.82 Å². The maximum Gasteiger partial charge on any atom is 0.317 e. The minimum atomic E-state index is -0.516. The summed E-state index contributed by atoms with van der Waals surface area (Å²) in [5.41, 5.74) is 5.27. The van der Waals surface area contributed by atoms with Crippen molar-refractivity contribution in [2.45, 2.75) is 39.3 Å². The molecule has 0 radical (unpaired) electrons. The first kappa shape index (κ1) is 24.9. The average Bonchev–Trinajstić information content (AvgIpc) is 3.60. The van der Waals surface area contributed by atoms with Gasteiger partial charge in [0.1, 0.15) is 17.2 Å². The number of methoxy groups -OCH3 is 1. The SMILES string of the molecule is COc1nc(C(=O)NCc2ccc(F)c(C)c2)cc(C(=O)N[C@H]2CCc3c2ccc(-c2nn[nH]n2)c3C)n1. The first-order valence-corrected chi connectivity index (χ1v) is 12.0. The van der Waals surface area contributed by atoms with Crippen LogP contribution >= 0.6 is 0 Å². The summed E-state index contributed by atoms with van der Waals surface area (Å²) in [6, 6.07) is 9.47. The number of rotatable bonds is 7. The highest BCUT2D eigenvalue weighted by atomic mass is 19.1. The molecule has 0 spiro atoms. The van der Waals surface area contributed by atoms with E-state index in [-0.39, 0.29) is 35.8 Å². The zero-order chi connectivity index (χ0) is 26.8. The molecule has 0 unspecified atom stereocenters. The van der Waals surface area contributed by atoms with E-state index in [9.17, 15) is 14.0 Å². The molecule has 0 saturated carbocycles. The molecular weight excluding hydrogens is 491 g/mol. The molecule has 4 aromatic rings. The molecule has 11 nitrogen and oxygen atoms in total. The smallest absolute Gasteiger partial charge is 0.317 e. The third-order valence-electron chi connectivity index (χ3n) is 6.61. The summed E-state index contributed by atoms with van der Waals surface area (Å²) in [5, 5.41) is 20.0. The number of tetrazole rings is 1. The van der Waals surface area contributed by atoms with Gasteiger partial charge >= 0.3 is 6.01 Å². The maximum atomic E-state index is 13.5. The molecule has 3 N–H and O–H groups in total. The quantitative estimate of drug-likeness (QED) is 0.340. The Morgan fingerprint density at radius 1 is 1.11 bits per heavy atom. The van der Waals surface area contributed by atoms with Crippen LogP contribution in [0.4, 0.5) is 4.39 Å². The molecule has 1 atom stereocenters.